The van der Waals surface area contributed by atoms with Gasteiger partial charge in [-0.25, -0.2) is 4.98 Å². The van der Waals surface area contributed by atoms with Crippen LogP contribution in [0.25, 0.3) is 106 Å². The molecule has 0 fully saturated rings. The number of hydrogen-bond donors (Lipinski definition) is 0. The zero-order valence-corrected chi connectivity index (χ0v) is 49.7. The van der Waals surface area contributed by atoms with Gasteiger partial charge < -0.3 is 4.74 Å². The van der Waals surface area contributed by atoms with Crippen LogP contribution in [0.1, 0.15) is 154 Å². The second-order valence-electron chi connectivity index (χ2n) is 26.8. The van der Waals surface area contributed by atoms with Crippen molar-refractivity contribution in [3.05, 3.63) is 234 Å². The number of imidazole rings is 1. The van der Waals surface area contributed by atoms with Crippen LogP contribution in [0.2, 0.25) is 0 Å². The van der Waals surface area contributed by atoms with E-state index >= 15 is 0 Å². The van der Waals surface area contributed by atoms with Gasteiger partial charge in [-0.1, -0.05) is 215 Å². The van der Waals surface area contributed by atoms with E-state index in [1.54, 1.807) is 36.5 Å². The summed E-state index contributed by atoms with van der Waals surface area (Å²) in [5.74, 6) is 1.35. The first-order valence-electron chi connectivity index (χ1n) is 38.2. The van der Waals surface area contributed by atoms with Crippen molar-refractivity contribution in [2.24, 2.45) is 0 Å². The highest BCUT2D eigenvalue weighted by Gasteiger charge is 2.40. The predicted octanol–water partition coefficient (Wildman–Crippen LogP) is 20.6. The minimum absolute atomic E-state index is 0.192. The number of aromatic nitrogens is 4. The average Bonchev–Trinajstić information content (AvgIpc) is 1.27. The Morgan fingerprint density at radius 2 is 1.12 bits per heavy atom. The summed E-state index contributed by atoms with van der Waals surface area (Å²) in [6.45, 7) is 22.2. The minimum Gasteiger partial charge on any atom is -0.458 e. The van der Waals surface area contributed by atoms with E-state index < -0.39 is 145 Å². The van der Waals surface area contributed by atoms with Crippen LogP contribution in [0.3, 0.4) is 0 Å². The van der Waals surface area contributed by atoms with E-state index in [9.17, 15) is 24.7 Å². The minimum atomic E-state index is -0.863. The molecule has 0 unspecified atom stereocenters. The van der Waals surface area contributed by atoms with Gasteiger partial charge >= 0.3 is 0 Å². The van der Waals surface area contributed by atoms with E-state index in [0.29, 0.717) is 59.5 Å². The van der Waals surface area contributed by atoms with Crippen molar-refractivity contribution in [1.82, 2.24) is 14.1 Å². The number of ether oxygens (including phenoxy) is 1. The van der Waals surface area contributed by atoms with Crippen molar-refractivity contribution in [3.8, 4) is 84.3 Å². The molecular formula is C80H74N4O. The Bertz CT molecular complexity index is 5840. The summed E-state index contributed by atoms with van der Waals surface area (Å²) < 4.78 is 194. The highest BCUT2D eigenvalue weighted by atomic mass is 16.5. The normalized spacial score (nSPS) is 19.1. The van der Waals surface area contributed by atoms with E-state index in [1.165, 1.54) is 9.13 Å². The standard InChI is InChI=1S/C80H74N4O/c1-76(2,3)52-38-43-81-72(46-52)84-69-28-17-16-25-61(69)62-33-32-55(48-71(62)84)85-54-21-18-20-53(47-54)82-49-83-74-64(27-19-29-70(74)82)60-24-13-12-22-58(60)59-23-14-15-26-63(59)73-56(50-30-36-65-67(44-50)79(8,9)41-39-77(65,4)5)34-35-57(75(73)83)51-31-37-66-68(45-51)80(10,11)42-40-78(66,6)7/h12-38,43-48H,39-42H2,1-11H3/i12D,13D,14D,15D,19D,22D,23D,24D,26D,27D,29D,30D,31D,34D,35D,36D,44D,45D. The van der Waals surface area contributed by atoms with Crippen molar-refractivity contribution in [1.29, 1.82) is 0 Å². The van der Waals surface area contributed by atoms with E-state index in [0.717, 1.165) is 27.4 Å². The Hall–Kier alpha value is -8.80. The van der Waals surface area contributed by atoms with E-state index in [1.807, 2.05) is 104 Å². The Morgan fingerprint density at radius 1 is 0.506 bits per heavy atom. The molecule has 0 radical (unpaired) electrons. The lowest BCUT2D eigenvalue weighted by molar-refractivity contribution is -0.570. The van der Waals surface area contributed by atoms with E-state index in [-0.39, 0.29) is 74.4 Å². The van der Waals surface area contributed by atoms with Crippen LogP contribution in [0.5, 0.6) is 11.5 Å². The molecule has 15 rings (SSSR count). The molecule has 3 aliphatic rings. The third kappa shape index (κ3) is 8.46. The zero-order chi connectivity index (χ0) is 74.2. The van der Waals surface area contributed by atoms with Gasteiger partial charge in [-0.2, -0.15) is 0 Å². The lowest BCUT2D eigenvalue weighted by Crippen LogP contribution is -2.34. The van der Waals surface area contributed by atoms with Crippen LogP contribution >= 0.6 is 0 Å². The van der Waals surface area contributed by atoms with Crippen molar-refractivity contribution in [3.63, 3.8) is 0 Å². The first-order chi connectivity index (χ1) is 48.2. The number of para-hydroxylation sites is 2. The highest BCUT2D eigenvalue weighted by Crippen LogP contribution is 2.53. The fourth-order valence-electron chi connectivity index (χ4n) is 13.2. The van der Waals surface area contributed by atoms with Crippen LogP contribution in [-0.2, 0) is 27.1 Å². The maximum Gasteiger partial charge on any atom is 0.269 e. The number of pyridine rings is 1. The van der Waals surface area contributed by atoms with Crippen LogP contribution in [0.15, 0.2) is 200 Å². The van der Waals surface area contributed by atoms with Crippen molar-refractivity contribution in [2.45, 2.75) is 129 Å². The maximum atomic E-state index is 10.8. The number of hydrogen-bond acceptors (Lipinski definition) is 2. The SMILES string of the molecule is [2H]c1cc2c(c([2H])c1-c1c([2H])c([2H])c(-c3c([2H])c([2H])c4c(c3[2H])C(C)(C)CCC4(C)C)c3c1-[n+]1[c-]n(-c4cccc(Oc5ccc6c7ccccc7n(-c7cc(C(C)(C)C)ccn7)c6c5)c4)c4c([2H])c([2H])c([2H])c(c41)-c1c([2H])c([2H])c([2H])c([2H])c1-c1c([2H])c([2H])c([2H])c([2H])c1-3)C(C)(C)CCC2(C)C. The number of nitrogens with zero attached hydrogens (tertiary/aromatic N) is 4. The molecule has 0 saturated heterocycles. The molecule has 12 aromatic rings. The molecule has 420 valence electrons. The van der Waals surface area contributed by atoms with Gasteiger partial charge in [0.2, 0.25) is 0 Å². The van der Waals surface area contributed by atoms with Crippen LogP contribution < -0.4 is 9.30 Å². The summed E-state index contributed by atoms with van der Waals surface area (Å²) in [5, 5.41) is 1.91. The Labute approximate surface area is 526 Å². The van der Waals surface area contributed by atoms with Crippen molar-refractivity contribution < 1.29 is 34.0 Å². The molecule has 4 heterocycles. The van der Waals surface area contributed by atoms with Gasteiger partial charge in [-0.15, -0.1) is 0 Å². The smallest absolute Gasteiger partial charge is 0.269 e. The number of benzene rings is 9. The molecular weight excluding hydrogens is 1030 g/mol. The fourth-order valence-corrected chi connectivity index (χ4v) is 13.2. The third-order valence-electron chi connectivity index (χ3n) is 18.4. The number of rotatable bonds is 6. The molecule has 0 spiro atoms. The molecule has 5 nitrogen and oxygen atoms in total. The highest BCUT2D eigenvalue weighted by molar-refractivity contribution is 6.10. The fraction of sp³-hybridized carbons (Fsp3) is 0.250. The van der Waals surface area contributed by atoms with Gasteiger partial charge in [0.05, 0.1) is 58.1 Å². The second kappa shape index (κ2) is 18.9. The van der Waals surface area contributed by atoms with Crippen molar-refractivity contribution in [2.75, 3.05) is 0 Å². The molecule has 0 amide bonds. The molecule has 9 aromatic carbocycles. The maximum absolute atomic E-state index is 10.8. The summed E-state index contributed by atoms with van der Waals surface area (Å²) in [6, 6.07) is 14.2. The zero-order valence-electron chi connectivity index (χ0n) is 67.7. The Morgan fingerprint density at radius 3 is 1.86 bits per heavy atom. The summed E-state index contributed by atoms with van der Waals surface area (Å²) >= 11 is 0. The summed E-state index contributed by atoms with van der Waals surface area (Å²) in [5.41, 5.74) is -3.58. The molecule has 3 aromatic heterocycles. The van der Waals surface area contributed by atoms with E-state index in [4.69, 9.17) is 9.72 Å². The first-order valence-corrected chi connectivity index (χ1v) is 29.2. The Balaban J connectivity index is 1.14. The third-order valence-corrected chi connectivity index (χ3v) is 18.4. The topological polar surface area (TPSA) is 35.9 Å². The van der Waals surface area contributed by atoms with Crippen LogP contribution in [0.4, 0.5) is 0 Å². The lowest BCUT2D eigenvalue weighted by atomic mass is 9.62. The van der Waals surface area contributed by atoms with Crippen LogP contribution in [0, 0.1) is 6.33 Å². The molecule has 0 saturated carbocycles. The molecule has 2 aliphatic carbocycles. The number of fused-ring (bicyclic) bond motifs is 12. The van der Waals surface area contributed by atoms with Gasteiger partial charge in [-0.05, 0) is 179 Å². The van der Waals surface area contributed by atoms with Gasteiger partial charge in [0, 0.05) is 28.6 Å². The monoisotopic (exact) mass is 1120 g/mol. The van der Waals surface area contributed by atoms with Gasteiger partial charge in [0.25, 0.3) is 6.33 Å². The van der Waals surface area contributed by atoms with Crippen LogP contribution in [-0.4, -0.2) is 14.1 Å². The molecule has 5 heteroatoms. The van der Waals surface area contributed by atoms with Crippen molar-refractivity contribution >= 4 is 32.8 Å². The Kier molecular flexibility index (Phi) is 8.16. The quantitative estimate of drug-likeness (QED) is 0.123. The van der Waals surface area contributed by atoms with Gasteiger partial charge in [0.15, 0.2) is 0 Å². The predicted molar refractivity (Wildman–Crippen MR) is 352 cm³/mol. The molecule has 1 aliphatic heterocycles. The van der Waals surface area contributed by atoms with Gasteiger partial charge in [-0.3, -0.25) is 13.7 Å². The summed E-state index contributed by atoms with van der Waals surface area (Å²) in [7, 11) is 0. The van der Waals surface area contributed by atoms with Gasteiger partial charge in [0.1, 0.15) is 17.3 Å². The summed E-state index contributed by atoms with van der Waals surface area (Å²) in [4.78, 5) is 4.87. The van der Waals surface area contributed by atoms with E-state index in [2.05, 4.69) is 37.7 Å². The second-order valence-corrected chi connectivity index (χ2v) is 26.8. The molecule has 0 N–H and O–H groups in total. The first kappa shape index (κ1) is 36.8. The largest absolute Gasteiger partial charge is 0.458 e. The lowest BCUT2D eigenvalue weighted by Gasteiger charge is -2.42. The molecule has 85 heavy (non-hydrogen) atoms. The molecule has 0 atom stereocenters. The molecule has 0 bridgehead atoms. The average molecular weight is 1130 g/mol. The summed E-state index contributed by atoms with van der Waals surface area (Å²) in [6.07, 6.45) is 7.59.